The second kappa shape index (κ2) is 4.89. The second-order valence-electron chi connectivity index (χ2n) is 4.63. The van der Waals surface area contributed by atoms with E-state index in [1.165, 1.54) is 0 Å². The molecule has 1 heterocycles. The van der Waals surface area contributed by atoms with E-state index in [0.717, 1.165) is 22.6 Å². The van der Waals surface area contributed by atoms with Gasteiger partial charge in [0.25, 0.3) is 5.91 Å². The fourth-order valence-electron chi connectivity index (χ4n) is 2.46. The predicted octanol–water partition coefficient (Wildman–Crippen LogP) is 2.54. The molecule has 2 aromatic rings. The van der Waals surface area contributed by atoms with Crippen molar-refractivity contribution in [2.45, 2.75) is 6.04 Å². The summed E-state index contributed by atoms with van der Waals surface area (Å²) in [5.74, 6) is 1.49. The van der Waals surface area contributed by atoms with Gasteiger partial charge in [0.2, 0.25) is 0 Å². The maximum Gasteiger partial charge on any atom is 0.252 e. The first kappa shape index (κ1) is 12.5. The van der Waals surface area contributed by atoms with Crippen LogP contribution >= 0.6 is 0 Å². The van der Waals surface area contributed by atoms with E-state index in [2.05, 4.69) is 5.32 Å². The van der Waals surface area contributed by atoms with Gasteiger partial charge in [0.15, 0.2) is 0 Å². The van der Waals surface area contributed by atoms with Gasteiger partial charge in [-0.2, -0.15) is 0 Å². The van der Waals surface area contributed by atoms with Crippen molar-refractivity contribution in [1.82, 2.24) is 5.32 Å². The van der Waals surface area contributed by atoms with Gasteiger partial charge in [-0.25, -0.2) is 0 Å². The van der Waals surface area contributed by atoms with Crippen molar-refractivity contribution in [2.75, 3.05) is 14.2 Å². The van der Waals surface area contributed by atoms with E-state index in [0.29, 0.717) is 5.56 Å². The Hall–Kier alpha value is -2.49. The Morgan fingerprint density at radius 1 is 0.950 bits per heavy atom. The highest BCUT2D eigenvalue weighted by Gasteiger charge is 2.29. The molecule has 0 spiro atoms. The smallest absolute Gasteiger partial charge is 0.252 e. The first-order chi connectivity index (χ1) is 9.72. The molecule has 2 aromatic carbocycles. The van der Waals surface area contributed by atoms with Crippen LogP contribution in [0.4, 0.5) is 0 Å². The van der Waals surface area contributed by atoms with Crippen LogP contribution in [0, 0.1) is 0 Å². The molecule has 20 heavy (non-hydrogen) atoms. The van der Waals surface area contributed by atoms with Gasteiger partial charge in [-0.15, -0.1) is 0 Å². The lowest BCUT2D eigenvalue weighted by Gasteiger charge is -2.13. The molecule has 0 saturated carbocycles. The average molecular weight is 269 g/mol. The number of benzene rings is 2. The molecular weight excluding hydrogens is 254 g/mol. The van der Waals surface area contributed by atoms with Gasteiger partial charge in [-0.1, -0.05) is 12.1 Å². The molecule has 1 N–H and O–H groups in total. The van der Waals surface area contributed by atoms with Crippen molar-refractivity contribution in [2.24, 2.45) is 0 Å². The minimum absolute atomic E-state index is 0.0523. The van der Waals surface area contributed by atoms with E-state index in [4.69, 9.17) is 9.47 Å². The lowest BCUT2D eigenvalue weighted by atomic mass is 9.98. The van der Waals surface area contributed by atoms with Gasteiger partial charge in [0.1, 0.15) is 11.5 Å². The Morgan fingerprint density at radius 2 is 1.60 bits per heavy atom. The molecule has 1 amide bonds. The molecule has 0 bridgehead atoms. The van der Waals surface area contributed by atoms with Crippen LogP contribution in [-0.2, 0) is 0 Å². The van der Waals surface area contributed by atoms with Gasteiger partial charge in [-0.05, 0) is 41.5 Å². The summed E-state index contributed by atoms with van der Waals surface area (Å²) in [6, 6.07) is 13.1. The van der Waals surface area contributed by atoms with Gasteiger partial charge < -0.3 is 14.8 Å². The number of methoxy groups -OCH3 is 2. The van der Waals surface area contributed by atoms with E-state index >= 15 is 0 Å². The van der Waals surface area contributed by atoms with Crippen LogP contribution in [0.25, 0.3) is 0 Å². The summed E-state index contributed by atoms with van der Waals surface area (Å²) in [5.41, 5.74) is 2.66. The van der Waals surface area contributed by atoms with E-state index < -0.39 is 0 Å². The summed E-state index contributed by atoms with van der Waals surface area (Å²) in [6.07, 6.45) is 0. The second-order valence-corrected chi connectivity index (χ2v) is 4.63. The number of carbonyl (C=O) groups excluding carboxylic acids is 1. The third kappa shape index (κ3) is 1.99. The molecule has 0 aliphatic carbocycles. The summed E-state index contributed by atoms with van der Waals surface area (Å²) < 4.78 is 10.4. The number of ether oxygens (including phenoxy) is 2. The highest BCUT2D eigenvalue weighted by molar-refractivity contribution is 5.99. The van der Waals surface area contributed by atoms with Crippen molar-refractivity contribution in [3.8, 4) is 11.5 Å². The first-order valence-electron chi connectivity index (χ1n) is 6.35. The average Bonchev–Trinajstić information content (AvgIpc) is 2.84. The minimum atomic E-state index is -0.140. The van der Waals surface area contributed by atoms with Crippen LogP contribution in [0.5, 0.6) is 11.5 Å². The van der Waals surface area contributed by atoms with Gasteiger partial charge in [-0.3, -0.25) is 4.79 Å². The number of nitrogens with one attached hydrogen (secondary N) is 1. The van der Waals surface area contributed by atoms with Crippen LogP contribution in [-0.4, -0.2) is 20.1 Å². The Bertz CT molecular complexity index is 649. The van der Waals surface area contributed by atoms with Crippen molar-refractivity contribution in [3.05, 3.63) is 59.2 Å². The van der Waals surface area contributed by atoms with Gasteiger partial charge in [0.05, 0.1) is 20.3 Å². The largest absolute Gasteiger partial charge is 0.497 e. The highest BCUT2D eigenvalue weighted by atomic mass is 16.5. The van der Waals surface area contributed by atoms with Crippen molar-refractivity contribution in [1.29, 1.82) is 0 Å². The van der Waals surface area contributed by atoms with E-state index in [-0.39, 0.29) is 11.9 Å². The Labute approximate surface area is 117 Å². The number of hydrogen-bond acceptors (Lipinski definition) is 3. The topological polar surface area (TPSA) is 47.6 Å². The van der Waals surface area contributed by atoms with Crippen LogP contribution in [0.2, 0.25) is 0 Å². The van der Waals surface area contributed by atoms with E-state index in [1.54, 1.807) is 26.4 Å². The predicted molar refractivity (Wildman–Crippen MR) is 75.3 cm³/mol. The molecule has 1 aliphatic heterocycles. The minimum Gasteiger partial charge on any atom is -0.497 e. The summed E-state index contributed by atoms with van der Waals surface area (Å²) in [7, 11) is 3.25. The molecule has 0 radical (unpaired) electrons. The number of amides is 1. The standard InChI is InChI=1S/C16H15NO3/c1-19-11-5-3-10(4-6-11)15-14-9-12(20-2)7-8-13(14)16(18)17-15/h3-9,15H,1-2H3,(H,17,18)/t15-/m1/s1. The Kier molecular flexibility index (Phi) is 3.06. The summed E-state index contributed by atoms with van der Waals surface area (Å²) in [5, 5.41) is 2.99. The summed E-state index contributed by atoms with van der Waals surface area (Å²) >= 11 is 0. The number of hydrogen-bond donors (Lipinski definition) is 1. The molecule has 0 saturated heterocycles. The SMILES string of the molecule is COc1ccc([C@H]2NC(=O)c3ccc(OC)cc32)cc1. The normalized spacial score (nSPS) is 16.5. The Balaban J connectivity index is 2.02. The first-order valence-corrected chi connectivity index (χ1v) is 6.35. The van der Waals surface area contributed by atoms with Crippen LogP contribution in [0.1, 0.15) is 27.5 Å². The zero-order valence-electron chi connectivity index (χ0n) is 11.3. The number of fused-ring (bicyclic) bond motifs is 1. The summed E-state index contributed by atoms with van der Waals surface area (Å²) in [4.78, 5) is 12.0. The number of carbonyl (C=O) groups is 1. The lowest BCUT2D eigenvalue weighted by Crippen LogP contribution is -2.19. The van der Waals surface area contributed by atoms with Crippen molar-refractivity contribution in [3.63, 3.8) is 0 Å². The van der Waals surface area contributed by atoms with Crippen molar-refractivity contribution < 1.29 is 14.3 Å². The summed E-state index contributed by atoms with van der Waals surface area (Å²) in [6.45, 7) is 0. The van der Waals surface area contributed by atoms with Crippen molar-refractivity contribution >= 4 is 5.91 Å². The third-order valence-electron chi connectivity index (χ3n) is 3.54. The molecular formula is C16H15NO3. The van der Waals surface area contributed by atoms with Crippen LogP contribution < -0.4 is 14.8 Å². The molecule has 1 aliphatic rings. The van der Waals surface area contributed by atoms with Crippen LogP contribution in [0.15, 0.2) is 42.5 Å². The van der Waals surface area contributed by atoms with E-state index in [1.807, 2.05) is 30.3 Å². The van der Waals surface area contributed by atoms with Gasteiger partial charge >= 0.3 is 0 Å². The molecule has 4 nitrogen and oxygen atoms in total. The quantitative estimate of drug-likeness (QED) is 0.931. The molecule has 3 rings (SSSR count). The number of rotatable bonds is 3. The molecule has 4 heteroatoms. The van der Waals surface area contributed by atoms with Crippen LogP contribution in [0.3, 0.4) is 0 Å². The fourth-order valence-corrected chi connectivity index (χ4v) is 2.46. The molecule has 1 atom stereocenters. The lowest BCUT2D eigenvalue weighted by molar-refractivity contribution is 0.0960. The monoisotopic (exact) mass is 269 g/mol. The molecule has 102 valence electrons. The van der Waals surface area contributed by atoms with Gasteiger partial charge in [0, 0.05) is 5.56 Å². The third-order valence-corrected chi connectivity index (χ3v) is 3.54. The molecule has 0 unspecified atom stereocenters. The maximum atomic E-state index is 12.0. The fraction of sp³-hybridized carbons (Fsp3) is 0.188. The zero-order chi connectivity index (χ0) is 14.1. The van der Waals surface area contributed by atoms with E-state index in [9.17, 15) is 4.79 Å². The molecule has 0 aromatic heterocycles. The Morgan fingerprint density at radius 3 is 2.25 bits per heavy atom. The molecule has 0 fully saturated rings. The highest BCUT2D eigenvalue weighted by Crippen LogP contribution is 2.33. The maximum absolute atomic E-state index is 12.0. The zero-order valence-corrected chi connectivity index (χ0v) is 11.3.